The Hall–Kier alpha value is -1.59. The van der Waals surface area contributed by atoms with Crippen molar-refractivity contribution in [3.63, 3.8) is 0 Å². The normalized spacial score (nSPS) is 12.4. The first kappa shape index (κ1) is 12.9. The lowest BCUT2D eigenvalue weighted by Gasteiger charge is -2.13. The molecule has 1 atom stereocenters. The number of hydrogen-bond acceptors (Lipinski definition) is 5. The maximum Gasteiger partial charge on any atom is 0.145 e. The molecule has 0 radical (unpaired) electrons. The molecule has 96 valence electrons. The van der Waals surface area contributed by atoms with Gasteiger partial charge in [0.15, 0.2) is 0 Å². The summed E-state index contributed by atoms with van der Waals surface area (Å²) in [7, 11) is 0. The van der Waals surface area contributed by atoms with Crippen LogP contribution in [0.25, 0.3) is 0 Å². The van der Waals surface area contributed by atoms with Crippen molar-refractivity contribution in [1.82, 2.24) is 10.3 Å². The maximum atomic E-state index is 9.66. The van der Waals surface area contributed by atoms with Crippen LogP contribution in [0.5, 0.6) is 5.75 Å². The maximum absolute atomic E-state index is 9.66. The highest BCUT2D eigenvalue weighted by Crippen LogP contribution is 2.28. The molecule has 2 aromatic rings. The summed E-state index contributed by atoms with van der Waals surface area (Å²) in [6, 6.07) is 5.10. The SMILES string of the molecule is Cc1nonc1COc1ccc(Cl)cc1[C@@H](C)O. The summed E-state index contributed by atoms with van der Waals surface area (Å²) in [5, 5.41) is 17.6. The Morgan fingerprint density at radius 2 is 2.22 bits per heavy atom. The summed E-state index contributed by atoms with van der Waals surface area (Å²) < 4.78 is 10.2. The molecule has 0 spiro atoms. The molecule has 0 unspecified atom stereocenters. The van der Waals surface area contributed by atoms with E-state index in [4.69, 9.17) is 16.3 Å². The average molecular weight is 269 g/mol. The van der Waals surface area contributed by atoms with Gasteiger partial charge in [0.1, 0.15) is 23.7 Å². The quantitative estimate of drug-likeness (QED) is 0.923. The van der Waals surface area contributed by atoms with Crippen LogP contribution in [0.15, 0.2) is 22.8 Å². The molecule has 6 heteroatoms. The fourth-order valence-electron chi connectivity index (χ4n) is 1.50. The summed E-state index contributed by atoms with van der Waals surface area (Å²) in [6.07, 6.45) is -0.657. The summed E-state index contributed by atoms with van der Waals surface area (Å²) in [6.45, 7) is 3.67. The number of rotatable bonds is 4. The van der Waals surface area contributed by atoms with Gasteiger partial charge in [-0.2, -0.15) is 0 Å². The highest BCUT2D eigenvalue weighted by molar-refractivity contribution is 6.30. The highest BCUT2D eigenvalue weighted by atomic mass is 35.5. The first-order valence-corrected chi connectivity index (χ1v) is 5.84. The molecule has 0 saturated carbocycles. The van der Waals surface area contributed by atoms with Gasteiger partial charge in [0.25, 0.3) is 0 Å². The first-order valence-electron chi connectivity index (χ1n) is 5.46. The molecule has 2 rings (SSSR count). The zero-order valence-electron chi connectivity index (χ0n) is 10.1. The van der Waals surface area contributed by atoms with E-state index in [2.05, 4.69) is 14.9 Å². The van der Waals surface area contributed by atoms with E-state index in [1.807, 2.05) is 0 Å². The number of aliphatic hydroxyl groups is 1. The van der Waals surface area contributed by atoms with Gasteiger partial charge in [-0.1, -0.05) is 21.9 Å². The largest absolute Gasteiger partial charge is 0.487 e. The van der Waals surface area contributed by atoms with Crippen LogP contribution in [0, 0.1) is 6.92 Å². The van der Waals surface area contributed by atoms with Gasteiger partial charge in [-0.25, -0.2) is 4.63 Å². The molecule has 5 nitrogen and oxygen atoms in total. The highest BCUT2D eigenvalue weighted by Gasteiger charge is 2.12. The second-order valence-electron chi connectivity index (χ2n) is 3.94. The topological polar surface area (TPSA) is 68.4 Å². The number of aromatic nitrogens is 2. The lowest BCUT2D eigenvalue weighted by atomic mass is 10.1. The number of benzene rings is 1. The second kappa shape index (κ2) is 5.37. The Bertz CT molecular complexity index is 540. The van der Waals surface area contributed by atoms with E-state index in [1.165, 1.54) is 0 Å². The van der Waals surface area contributed by atoms with Gasteiger partial charge in [0, 0.05) is 10.6 Å². The molecule has 1 N–H and O–H groups in total. The number of aryl methyl sites for hydroxylation is 1. The molecule has 0 amide bonds. The van der Waals surface area contributed by atoms with Gasteiger partial charge in [-0.3, -0.25) is 0 Å². The van der Waals surface area contributed by atoms with Crippen LogP contribution in [0.3, 0.4) is 0 Å². The van der Waals surface area contributed by atoms with Crippen molar-refractivity contribution in [2.24, 2.45) is 0 Å². The van der Waals surface area contributed by atoms with Gasteiger partial charge in [-0.15, -0.1) is 0 Å². The molecule has 0 aliphatic rings. The molecule has 18 heavy (non-hydrogen) atoms. The lowest BCUT2D eigenvalue weighted by molar-refractivity contribution is 0.189. The minimum atomic E-state index is -0.657. The minimum absolute atomic E-state index is 0.233. The standard InChI is InChI=1S/C12H13ClN2O3/c1-7-11(15-18-14-7)6-17-12-4-3-9(13)5-10(12)8(2)16/h3-5,8,16H,6H2,1-2H3/t8-/m1/s1. The number of hydrogen-bond donors (Lipinski definition) is 1. The zero-order chi connectivity index (χ0) is 13.1. The van der Waals surface area contributed by atoms with Crippen LogP contribution < -0.4 is 4.74 Å². The van der Waals surface area contributed by atoms with Crippen molar-refractivity contribution in [2.45, 2.75) is 26.6 Å². The molecule has 0 aliphatic heterocycles. The van der Waals surface area contributed by atoms with Crippen LogP contribution in [-0.4, -0.2) is 15.4 Å². The molecule has 0 fully saturated rings. The van der Waals surface area contributed by atoms with Crippen LogP contribution in [0.2, 0.25) is 5.02 Å². The fourth-order valence-corrected chi connectivity index (χ4v) is 1.68. The Labute approximate surface area is 109 Å². The van der Waals surface area contributed by atoms with E-state index in [1.54, 1.807) is 32.0 Å². The van der Waals surface area contributed by atoms with E-state index in [9.17, 15) is 5.11 Å². The third-order valence-electron chi connectivity index (χ3n) is 2.53. The number of ether oxygens (including phenoxy) is 1. The Kier molecular flexibility index (Phi) is 3.84. The first-order chi connectivity index (χ1) is 8.58. The smallest absolute Gasteiger partial charge is 0.145 e. The van der Waals surface area contributed by atoms with Gasteiger partial charge >= 0.3 is 0 Å². The number of nitrogens with zero attached hydrogens (tertiary/aromatic N) is 2. The van der Waals surface area contributed by atoms with E-state index in [-0.39, 0.29) is 6.61 Å². The van der Waals surface area contributed by atoms with Crippen LogP contribution >= 0.6 is 11.6 Å². The number of halogens is 1. The van der Waals surface area contributed by atoms with E-state index in [0.717, 1.165) is 0 Å². The van der Waals surface area contributed by atoms with E-state index in [0.29, 0.717) is 27.7 Å². The molecule has 1 aromatic carbocycles. The molecule has 1 heterocycles. The van der Waals surface area contributed by atoms with E-state index >= 15 is 0 Å². The number of aliphatic hydroxyl groups excluding tert-OH is 1. The average Bonchev–Trinajstić information content (AvgIpc) is 2.73. The van der Waals surface area contributed by atoms with Crippen molar-refractivity contribution in [1.29, 1.82) is 0 Å². The Morgan fingerprint density at radius 1 is 1.44 bits per heavy atom. The van der Waals surface area contributed by atoms with Gasteiger partial charge in [-0.05, 0) is 32.0 Å². The third-order valence-corrected chi connectivity index (χ3v) is 2.77. The Morgan fingerprint density at radius 3 is 2.83 bits per heavy atom. The molecule has 0 bridgehead atoms. The zero-order valence-corrected chi connectivity index (χ0v) is 10.8. The van der Waals surface area contributed by atoms with Crippen molar-refractivity contribution < 1.29 is 14.5 Å². The van der Waals surface area contributed by atoms with Crippen molar-refractivity contribution >= 4 is 11.6 Å². The van der Waals surface area contributed by atoms with Crippen LogP contribution in [0.1, 0.15) is 30.0 Å². The summed E-state index contributed by atoms with van der Waals surface area (Å²) in [5.41, 5.74) is 1.95. The lowest BCUT2D eigenvalue weighted by Crippen LogP contribution is -2.02. The van der Waals surface area contributed by atoms with Crippen molar-refractivity contribution in [2.75, 3.05) is 0 Å². The van der Waals surface area contributed by atoms with Crippen LogP contribution in [-0.2, 0) is 6.61 Å². The molecular weight excluding hydrogens is 256 g/mol. The van der Waals surface area contributed by atoms with Crippen molar-refractivity contribution in [3.8, 4) is 5.75 Å². The summed E-state index contributed by atoms with van der Waals surface area (Å²) >= 11 is 5.88. The fraction of sp³-hybridized carbons (Fsp3) is 0.333. The minimum Gasteiger partial charge on any atom is -0.487 e. The molecular formula is C12H13ClN2O3. The van der Waals surface area contributed by atoms with E-state index < -0.39 is 6.10 Å². The predicted molar refractivity (Wildman–Crippen MR) is 65.5 cm³/mol. The molecule has 0 aliphatic carbocycles. The van der Waals surface area contributed by atoms with Gasteiger partial charge < -0.3 is 9.84 Å². The van der Waals surface area contributed by atoms with Crippen molar-refractivity contribution in [3.05, 3.63) is 40.2 Å². The predicted octanol–water partition coefficient (Wildman–Crippen LogP) is 2.66. The third kappa shape index (κ3) is 2.80. The monoisotopic (exact) mass is 268 g/mol. The summed E-state index contributed by atoms with van der Waals surface area (Å²) in [4.78, 5) is 0. The van der Waals surface area contributed by atoms with Crippen LogP contribution in [0.4, 0.5) is 0 Å². The van der Waals surface area contributed by atoms with Gasteiger partial charge in [0.05, 0.1) is 6.10 Å². The molecule has 0 saturated heterocycles. The second-order valence-corrected chi connectivity index (χ2v) is 4.38. The van der Waals surface area contributed by atoms with Gasteiger partial charge in [0.2, 0.25) is 0 Å². The summed E-state index contributed by atoms with van der Waals surface area (Å²) in [5.74, 6) is 0.566. The molecule has 1 aromatic heterocycles. The Balaban J connectivity index is 2.16.